The second kappa shape index (κ2) is 8.70. The highest BCUT2D eigenvalue weighted by Gasteiger charge is 2.13. The van der Waals surface area contributed by atoms with Crippen molar-refractivity contribution in [2.24, 2.45) is 0 Å². The maximum atomic E-state index is 12.3. The van der Waals surface area contributed by atoms with Crippen LogP contribution in [0.5, 0.6) is 5.75 Å². The number of amides is 1. The van der Waals surface area contributed by atoms with Gasteiger partial charge < -0.3 is 15.4 Å². The molecule has 0 atom stereocenters. The molecule has 0 aliphatic carbocycles. The van der Waals surface area contributed by atoms with Gasteiger partial charge in [-0.1, -0.05) is 42.5 Å². The Morgan fingerprint density at radius 3 is 2.69 bits per heavy atom. The topological polar surface area (TPSA) is 76.1 Å². The summed E-state index contributed by atoms with van der Waals surface area (Å²) in [7, 11) is 1.58. The Hall–Kier alpha value is -3.45. The van der Waals surface area contributed by atoms with E-state index < -0.39 is 0 Å². The monoisotopic (exact) mass is 404 g/mol. The van der Waals surface area contributed by atoms with Gasteiger partial charge in [0.25, 0.3) is 0 Å². The molecule has 7 heteroatoms. The van der Waals surface area contributed by atoms with Gasteiger partial charge in [0.1, 0.15) is 22.7 Å². The second-order valence-electron chi connectivity index (χ2n) is 6.34. The van der Waals surface area contributed by atoms with E-state index >= 15 is 0 Å². The molecule has 0 spiro atoms. The molecule has 2 N–H and O–H groups in total. The molecular formula is C22H20N4O2S. The number of carbonyl (C=O) groups excluding carboxylic acids is 1. The Balaban J connectivity index is 1.46. The van der Waals surface area contributed by atoms with Crippen molar-refractivity contribution in [2.45, 2.75) is 6.42 Å². The first kappa shape index (κ1) is 18.9. The zero-order valence-electron chi connectivity index (χ0n) is 15.9. The van der Waals surface area contributed by atoms with E-state index in [1.165, 1.54) is 0 Å². The summed E-state index contributed by atoms with van der Waals surface area (Å²) in [5, 5.41) is 9.25. The molecule has 2 heterocycles. The predicted octanol–water partition coefficient (Wildman–Crippen LogP) is 4.81. The normalized spacial score (nSPS) is 10.7. The quantitative estimate of drug-likeness (QED) is 0.462. The number of ether oxygens (including phenoxy) is 1. The Kier molecular flexibility index (Phi) is 5.67. The van der Waals surface area contributed by atoms with Crippen LogP contribution in [0.3, 0.4) is 0 Å². The molecular weight excluding hydrogens is 384 g/mol. The highest BCUT2D eigenvalue weighted by molar-refractivity contribution is 7.17. The van der Waals surface area contributed by atoms with Crippen molar-refractivity contribution in [1.82, 2.24) is 9.97 Å². The summed E-state index contributed by atoms with van der Waals surface area (Å²) in [5.41, 5.74) is 2.87. The lowest BCUT2D eigenvalue weighted by Crippen LogP contribution is -2.17. The van der Waals surface area contributed by atoms with Crippen LogP contribution in [0.15, 0.2) is 66.3 Å². The van der Waals surface area contributed by atoms with Crippen molar-refractivity contribution < 1.29 is 9.53 Å². The van der Waals surface area contributed by atoms with E-state index in [1.807, 2.05) is 42.5 Å². The standard InChI is InChI=1S/C22H20N4O2S/c1-28-18-10-6-5-9-17(18)26-19(27)11-12-23-21-20-16(15-7-3-2-4-8-15)13-29-22(20)25-14-24-21/h2-10,13-14H,11-12H2,1H3,(H,26,27)(H,23,24,25). The summed E-state index contributed by atoms with van der Waals surface area (Å²) in [6.45, 7) is 0.456. The Bertz CT molecular complexity index is 1130. The van der Waals surface area contributed by atoms with Crippen molar-refractivity contribution in [3.8, 4) is 16.9 Å². The summed E-state index contributed by atoms with van der Waals surface area (Å²) in [4.78, 5) is 22.0. The van der Waals surface area contributed by atoms with Crippen LogP contribution in [0.1, 0.15) is 6.42 Å². The van der Waals surface area contributed by atoms with E-state index in [4.69, 9.17) is 4.74 Å². The number of para-hydroxylation sites is 2. The number of thiophene rings is 1. The summed E-state index contributed by atoms with van der Waals surface area (Å²) < 4.78 is 5.27. The van der Waals surface area contributed by atoms with Crippen molar-refractivity contribution in [3.63, 3.8) is 0 Å². The lowest BCUT2D eigenvalue weighted by molar-refractivity contribution is -0.116. The van der Waals surface area contributed by atoms with Gasteiger partial charge in [0.15, 0.2) is 0 Å². The molecule has 4 rings (SSSR count). The van der Waals surface area contributed by atoms with E-state index in [0.717, 1.165) is 27.2 Å². The molecule has 4 aromatic rings. The fourth-order valence-electron chi connectivity index (χ4n) is 3.09. The van der Waals surface area contributed by atoms with Gasteiger partial charge in [0.05, 0.1) is 18.2 Å². The first-order valence-corrected chi connectivity index (χ1v) is 10.1. The molecule has 0 fully saturated rings. The van der Waals surface area contributed by atoms with Crippen LogP contribution in [0.2, 0.25) is 0 Å². The van der Waals surface area contributed by atoms with E-state index in [0.29, 0.717) is 24.4 Å². The first-order chi connectivity index (χ1) is 14.3. The van der Waals surface area contributed by atoms with Crippen LogP contribution >= 0.6 is 11.3 Å². The van der Waals surface area contributed by atoms with Crippen LogP contribution in [-0.2, 0) is 4.79 Å². The van der Waals surface area contributed by atoms with Crippen molar-refractivity contribution in [1.29, 1.82) is 0 Å². The third kappa shape index (κ3) is 4.20. The summed E-state index contributed by atoms with van der Waals surface area (Å²) in [5.74, 6) is 1.28. The largest absolute Gasteiger partial charge is 0.495 e. The van der Waals surface area contributed by atoms with Crippen LogP contribution < -0.4 is 15.4 Å². The third-order valence-electron chi connectivity index (χ3n) is 4.48. The zero-order valence-corrected chi connectivity index (χ0v) is 16.7. The number of carbonyl (C=O) groups is 1. The lowest BCUT2D eigenvalue weighted by atomic mass is 10.1. The van der Waals surface area contributed by atoms with Gasteiger partial charge in [-0.05, 0) is 17.7 Å². The molecule has 2 aromatic heterocycles. The number of rotatable bonds is 7. The number of anilines is 2. The van der Waals surface area contributed by atoms with Gasteiger partial charge in [0.2, 0.25) is 5.91 Å². The molecule has 0 bridgehead atoms. The fraction of sp³-hybridized carbons (Fsp3) is 0.136. The molecule has 0 radical (unpaired) electrons. The van der Waals surface area contributed by atoms with Crippen LogP contribution in [0.4, 0.5) is 11.5 Å². The first-order valence-electron chi connectivity index (χ1n) is 9.20. The number of aromatic nitrogens is 2. The number of nitrogens with one attached hydrogen (secondary N) is 2. The Labute approximate surface area is 172 Å². The van der Waals surface area contributed by atoms with Crippen molar-refractivity contribution >= 4 is 39.0 Å². The van der Waals surface area contributed by atoms with E-state index in [2.05, 4.69) is 38.1 Å². The molecule has 29 heavy (non-hydrogen) atoms. The van der Waals surface area contributed by atoms with Crippen molar-refractivity contribution in [2.75, 3.05) is 24.3 Å². The minimum Gasteiger partial charge on any atom is -0.495 e. The minimum absolute atomic E-state index is 0.0964. The molecule has 0 saturated heterocycles. The summed E-state index contributed by atoms with van der Waals surface area (Å²) >= 11 is 1.58. The van der Waals surface area contributed by atoms with Gasteiger partial charge >= 0.3 is 0 Å². The molecule has 146 valence electrons. The van der Waals surface area contributed by atoms with Crippen molar-refractivity contribution in [3.05, 3.63) is 66.3 Å². The van der Waals surface area contributed by atoms with Crippen LogP contribution in [0, 0.1) is 0 Å². The highest BCUT2D eigenvalue weighted by atomic mass is 32.1. The maximum absolute atomic E-state index is 12.3. The van der Waals surface area contributed by atoms with Gasteiger partial charge in [-0.25, -0.2) is 9.97 Å². The molecule has 2 aromatic carbocycles. The van der Waals surface area contributed by atoms with Crippen LogP contribution in [-0.4, -0.2) is 29.5 Å². The van der Waals surface area contributed by atoms with E-state index in [-0.39, 0.29) is 5.91 Å². The van der Waals surface area contributed by atoms with Crippen LogP contribution in [0.25, 0.3) is 21.3 Å². The lowest BCUT2D eigenvalue weighted by Gasteiger charge is -2.11. The minimum atomic E-state index is -0.0964. The maximum Gasteiger partial charge on any atom is 0.226 e. The number of hydrogen-bond donors (Lipinski definition) is 2. The van der Waals surface area contributed by atoms with E-state index in [9.17, 15) is 4.79 Å². The number of fused-ring (bicyclic) bond motifs is 1. The molecule has 1 amide bonds. The number of methoxy groups -OCH3 is 1. The van der Waals surface area contributed by atoms with Gasteiger partial charge in [0, 0.05) is 23.9 Å². The fourth-order valence-corrected chi connectivity index (χ4v) is 4.01. The second-order valence-corrected chi connectivity index (χ2v) is 7.20. The molecule has 0 aliphatic rings. The number of benzene rings is 2. The molecule has 0 unspecified atom stereocenters. The average molecular weight is 404 g/mol. The average Bonchev–Trinajstić information content (AvgIpc) is 3.20. The molecule has 6 nitrogen and oxygen atoms in total. The third-order valence-corrected chi connectivity index (χ3v) is 5.37. The van der Waals surface area contributed by atoms with Gasteiger partial charge in [-0.2, -0.15) is 0 Å². The van der Waals surface area contributed by atoms with Gasteiger partial charge in [-0.3, -0.25) is 4.79 Å². The summed E-state index contributed by atoms with van der Waals surface area (Å²) in [6.07, 6.45) is 1.85. The molecule has 0 saturated carbocycles. The predicted molar refractivity (Wildman–Crippen MR) is 118 cm³/mol. The highest BCUT2D eigenvalue weighted by Crippen LogP contribution is 2.36. The van der Waals surface area contributed by atoms with Gasteiger partial charge in [-0.15, -0.1) is 11.3 Å². The number of hydrogen-bond acceptors (Lipinski definition) is 6. The molecule has 0 aliphatic heterocycles. The summed E-state index contributed by atoms with van der Waals surface area (Å²) in [6, 6.07) is 17.5. The Morgan fingerprint density at radius 2 is 1.86 bits per heavy atom. The zero-order chi connectivity index (χ0) is 20.1. The Morgan fingerprint density at radius 1 is 1.07 bits per heavy atom. The number of nitrogens with zero attached hydrogens (tertiary/aromatic N) is 2. The van der Waals surface area contributed by atoms with E-state index in [1.54, 1.807) is 24.8 Å². The SMILES string of the molecule is COc1ccccc1NC(=O)CCNc1ncnc2scc(-c3ccccc3)c12. The smallest absolute Gasteiger partial charge is 0.226 e.